The molecule has 27 heavy (non-hydrogen) atoms. The second-order valence-electron chi connectivity index (χ2n) is 8.76. The maximum atomic E-state index is 12.4. The van der Waals surface area contributed by atoms with E-state index in [-0.39, 0.29) is 11.4 Å². The number of nitrogens with zero attached hydrogens (tertiary/aromatic N) is 1. The molecule has 1 aliphatic carbocycles. The molecule has 0 aromatic carbocycles. The van der Waals surface area contributed by atoms with Gasteiger partial charge in [-0.2, -0.15) is 0 Å². The number of aromatic nitrogens is 2. The number of H-pyrrole nitrogens is 1. The van der Waals surface area contributed by atoms with Gasteiger partial charge >= 0.3 is 5.97 Å². The number of pyridine rings is 1. The van der Waals surface area contributed by atoms with Crippen LogP contribution in [-0.2, 0) is 24.0 Å². The zero-order valence-electron chi connectivity index (χ0n) is 17.2. The van der Waals surface area contributed by atoms with Crippen LogP contribution in [0.15, 0.2) is 6.07 Å². The van der Waals surface area contributed by atoms with Crippen LogP contribution in [0.4, 0.5) is 0 Å². The zero-order valence-corrected chi connectivity index (χ0v) is 17.2. The molecule has 2 N–H and O–H groups in total. The number of hydrogen-bond donors (Lipinski definition) is 2. The summed E-state index contributed by atoms with van der Waals surface area (Å²) >= 11 is 0. The number of fused-ring (bicyclic) bond motifs is 2. The number of carbonyl (C=O) groups is 1. The number of ether oxygens (including phenoxy) is 1. The van der Waals surface area contributed by atoms with E-state index < -0.39 is 6.10 Å². The van der Waals surface area contributed by atoms with Gasteiger partial charge in [-0.3, -0.25) is 4.98 Å². The van der Waals surface area contributed by atoms with Crippen molar-refractivity contribution in [3.63, 3.8) is 0 Å². The van der Waals surface area contributed by atoms with Gasteiger partial charge in [0.2, 0.25) is 0 Å². The Morgan fingerprint density at radius 2 is 2.15 bits per heavy atom. The van der Waals surface area contributed by atoms with Crippen molar-refractivity contribution in [3.8, 4) is 0 Å². The molecule has 0 spiro atoms. The molecule has 1 aliphatic rings. The van der Waals surface area contributed by atoms with E-state index in [1.807, 2.05) is 6.92 Å². The number of nitrogens with one attached hydrogen (secondary N) is 1. The van der Waals surface area contributed by atoms with Gasteiger partial charge in [0.15, 0.2) is 0 Å². The Morgan fingerprint density at radius 1 is 1.41 bits per heavy atom. The molecule has 3 rings (SSSR count). The molecule has 0 bridgehead atoms. The average molecular weight is 373 g/mol. The summed E-state index contributed by atoms with van der Waals surface area (Å²) in [6.07, 6.45) is 3.65. The Morgan fingerprint density at radius 3 is 2.78 bits per heavy atom. The van der Waals surface area contributed by atoms with Crippen LogP contribution < -0.4 is 0 Å². The van der Waals surface area contributed by atoms with Gasteiger partial charge in [-0.1, -0.05) is 27.7 Å². The number of aromatic amines is 1. The minimum Gasteiger partial charge on any atom is -0.461 e. The van der Waals surface area contributed by atoms with E-state index in [2.05, 4.69) is 31.8 Å². The predicted octanol–water partition coefficient (Wildman–Crippen LogP) is 4.20. The van der Waals surface area contributed by atoms with Crippen LogP contribution in [0.2, 0.25) is 0 Å². The Balaban J connectivity index is 2.06. The summed E-state index contributed by atoms with van der Waals surface area (Å²) in [4.78, 5) is 20.6. The normalized spacial score (nSPS) is 18.4. The summed E-state index contributed by atoms with van der Waals surface area (Å²) in [5.41, 5.74) is 5.55. The van der Waals surface area contributed by atoms with Gasteiger partial charge in [0, 0.05) is 17.7 Å². The molecule has 5 heteroatoms. The lowest BCUT2D eigenvalue weighted by atomic mass is 9.71. The molecule has 2 aromatic rings. The summed E-state index contributed by atoms with van der Waals surface area (Å²) in [5, 5.41) is 10.2. The number of carbonyl (C=O) groups excluding carboxylic acids is 1. The summed E-state index contributed by atoms with van der Waals surface area (Å²) in [5.74, 6) is 0.254. The van der Waals surface area contributed by atoms with Crippen molar-refractivity contribution in [2.24, 2.45) is 11.3 Å². The van der Waals surface area contributed by atoms with Crippen molar-refractivity contribution in [1.82, 2.24) is 9.97 Å². The van der Waals surface area contributed by atoms with E-state index in [1.54, 1.807) is 6.92 Å². The zero-order chi connectivity index (χ0) is 19.8. The van der Waals surface area contributed by atoms with Gasteiger partial charge in [0.25, 0.3) is 0 Å². The maximum Gasteiger partial charge on any atom is 0.355 e. The highest BCUT2D eigenvalue weighted by atomic mass is 16.5. The van der Waals surface area contributed by atoms with Gasteiger partial charge in [-0.15, -0.1) is 0 Å². The Labute approximate surface area is 161 Å². The number of aliphatic hydroxyl groups excluding tert-OH is 1. The minimum absolute atomic E-state index is 0.273. The van der Waals surface area contributed by atoms with Gasteiger partial charge in [0.1, 0.15) is 5.69 Å². The summed E-state index contributed by atoms with van der Waals surface area (Å²) in [6, 6.07) is 2.15. The summed E-state index contributed by atoms with van der Waals surface area (Å²) in [7, 11) is 0. The van der Waals surface area contributed by atoms with Crippen LogP contribution in [0.25, 0.3) is 11.0 Å². The molecular weight excluding hydrogens is 340 g/mol. The first kappa shape index (κ1) is 19.9. The summed E-state index contributed by atoms with van der Waals surface area (Å²) < 4.78 is 5.22. The number of esters is 1. The molecule has 0 aliphatic heterocycles. The number of rotatable bonds is 5. The van der Waals surface area contributed by atoms with Gasteiger partial charge in [-0.05, 0) is 55.6 Å². The Bertz CT molecular complexity index is 832. The van der Waals surface area contributed by atoms with E-state index in [0.717, 1.165) is 41.6 Å². The molecule has 2 unspecified atom stereocenters. The summed E-state index contributed by atoms with van der Waals surface area (Å²) in [6.45, 7) is 10.9. The minimum atomic E-state index is -0.500. The van der Waals surface area contributed by atoms with Crippen molar-refractivity contribution in [1.29, 1.82) is 0 Å². The van der Waals surface area contributed by atoms with Crippen LogP contribution in [0.1, 0.15) is 74.8 Å². The van der Waals surface area contributed by atoms with E-state index in [1.165, 1.54) is 5.56 Å². The van der Waals surface area contributed by atoms with Crippen molar-refractivity contribution in [2.45, 2.75) is 72.8 Å². The van der Waals surface area contributed by atoms with Crippen LogP contribution in [-0.4, -0.2) is 33.8 Å². The fourth-order valence-corrected chi connectivity index (χ4v) is 4.01. The van der Waals surface area contributed by atoms with Crippen molar-refractivity contribution >= 4 is 17.0 Å². The highest BCUT2D eigenvalue weighted by Crippen LogP contribution is 2.38. The highest BCUT2D eigenvalue weighted by Gasteiger charge is 2.30. The van der Waals surface area contributed by atoms with Crippen LogP contribution in [0.3, 0.4) is 0 Å². The number of aliphatic hydroxyl groups is 1. The first-order valence-electron chi connectivity index (χ1n) is 10.1. The van der Waals surface area contributed by atoms with E-state index >= 15 is 0 Å². The third-order valence-electron chi connectivity index (χ3n) is 5.85. The molecule has 0 radical (unpaired) electrons. The van der Waals surface area contributed by atoms with Gasteiger partial charge in [-0.25, -0.2) is 4.79 Å². The second kappa shape index (κ2) is 7.63. The quantitative estimate of drug-likeness (QED) is 0.771. The van der Waals surface area contributed by atoms with Crippen LogP contribution >= 0.6 is 0 Å². The monoisotopic (exact) mass is 372 g/mol. The standard InChI is InChI=1S/C22H32N2O3/c1-6-15(25)12-16-19-18(24-20(16)21(26)27-7-2)11-13-10-14(22(3,4)5)8-9-17(13)23-19/h11,14-15,24-25H,6-10,12H2,1-5H3. The largest absolute Gasteiger partial charge is 0.461 e. The fraction of sp³-hybridized carbons (Fsp3) is 0.636. The molecule has 0 fully saturated rings. The predicted molar refractivity (Wildman–Crippen MR) is 107 cm³/mol. The molecule has 2 aromatic heterocycles. The Kier molecular flexibility index (Phi) is 5.61. The topological polar surface area (TPSA) is 75.2 Å². The SMILES string of the molecule is CCOC(=O)c1[nH]c2cc3c(nc2c1CC(O)CC)CCC(C(C)(C)C)C3. The van der Waals surface area contributed by atoms with Gasteiger partial charge < -0.3 is 14.8 Å². The average Bonchev–Trinajstić information content (AvgIpc) is 2.96. The molecule has 2 atom stereocenters. The maximum absolute atomic E-state index is 12.4. The molecule has 0 saturated heterocycles. The van der Waals surface area contributed by atoms with E-state index in [4.69, 9.17) is 9.72 Å². The molecule has 2 heterocycles. The highest BCUT2D eigenvalue weighted by molar-refractivity contribution is 5.97. The number of aryl methyl sites for hydroxylation is 1. The van der Waals surface area contributed by atoms with E-state index in [0.29, 0.717) is 31.1 Å². The van der Waals surface area contributed by atoms with Crippen molar-refractivity contribution in [3.05, 3.63) is 28.6 Å². The third kappa shape index (κ3) is 4.03. The van der Waals surface area contributed by atoms with Crippen LogP contribution in [0, 0.1) is 11.3 Å². The first-order valence-corrected chi connectivity index (χ1v) is 10.1. The fourth-order valence-electron chi connectivity index (χ4n) is 4.01. The second-order valence-corrected chi connectivity index (χ2v) is 8.76. The lowest BCUT2D eigenvalue weighted by Crippen LogP contribution is -2.27. The molecule has 5 nitrogen and oxygen atoms in total. The molecule has 148 valence electrons. The lowest BCUT2D eigenvalue weighted by Gasteiger charge is -2.34. The van der Waals surface area contributed by atoms with Gasteiger partial charge in [0.05, 0.1) is 23.7 Å². The van der Waals surface area contributed by atoms with Crippen LogP contribution in [0.5, 0.6) is 0 Å². The van der Waals surface area contributed by atoms with Crippen molar-refractivity contribution in [2.75, 3.05) is 6.61 Å². The van der Waals surface area contributed by atoms with Crippen molar-refractivity contribution < 1.29 is 14.6 Å². The molecule has 0 amide bonds. The Hall–Kier alpha value is -1.88. The van der Waals surface area contributed by atoms with E-state index in [9.17, 15) is 9.90 Å². The third-order valence-corrected chi connectivity index (χ3v) is 5.85. The molecule has 0 saturated carbocycles. The number of hydrogen-bond acceptors (Lipinski definition) is 4. The molecular formula is C22H32N2O3. The lowest BCUT2D eigenvalue weighted by molar-refractivity contribution is 0.0518. The smallest absolute Gasteiger partial charge is 0.355 e. The first-order chi connectivity index (χ1) is 12.7.